The number of hydrogen-bond acceptors (Lipinski definition) is 2. The molecule has 0 aliphatic heterocycles. The molecule has 0 spiro atoms. The minimum absolute atomic E-state index is 0.909. The highest BCUT2D eigenvalue weighted by atomic mass is 15.1. The van der Waals surface area contributed by atoms with Crippen LogP contribution in [0.2, 0.25) is 0 Å². The first-order chi connectivity index (χ1) is 17.9. The number of hydrogen-bond donors (Lipinski definition) is 0. The van der Waals surface area contributed by atoms with E-state index in [0.29, 0.717) is 0 Å². The number of benzene rings is 4. The van der Waals surface area contributed by atoms with Gasteiger partial charge in [0.25, 0.3) is 0 Å². The van der Waals surface area contributed by atoms with Crippen LogP contribution in [0.3, 0.4) is 0 Å². The Balaban J connectivity index is 1.54. The number of fused-ring (bicyclic) bond motifs is 7. The summed E-state index contributed by atoms with van der Waals surface area (Å²) in [4.78, 5) is 10.1. The largest absolute Gasteiger partial charge is 0.306 e. The molecular formula is C32H20N4. The minimum Gasteiger partial charge on any atom is -0.306 e. The van der Waals surface area contributed by atoms with Gasteiger partial charge in [0, 0.05) is 28.3 Å². The molecular weight excluding hydrogens is 440 g/mol. The van der Waals surface area contributed by atoms with Crippen molar-refractivity contribution in [1.29, 1.82) is 0 Å². The van der Waals surface area contributed by atoms with Gasteiger partial charge in [-0.25, -0.2) is 4.98 Å². The summed E-state index contributed by atoms with van der Waals surface area (Å²) in [7, 11) is 0. The molecule has 0 N–H and O–H groups in total. The van der Waals surface area contributed by atoms with Gasteiger partial charge in [0.1, 0.15) is 16.7 Å². The third-order valence-electron chi connectivity index (χ3n) is 7.13. The smallest absolute Gasteiger partial charge is 0.146 e. The van der Waals surface area contributed by atoms with Gasteiger partial charge < -0.3 is 4.57 Å². The predicted molar refractivity (Wildman–Crippen MR) is 148 cm³/mol. The van der Waals surface area contributed by atoms with Crippen LogP contribution in [0.4, 0.5) is 0 Å². The van der Waals surface area contributed by atoms with E-state index in [-0.39, 0.29) is 0 Å². The summed E-state index contributed by atoms with van der Waals surface area (Å²) >= 11 is 0. The molecule has 0 amide bonds. The van der Waals surface area contributed by atoms with Crippen molar-refractivity contribution in [3.05, 3.63) is 121 Å². The third-order valence-corrected chi connectivity index (χ3v) is 7.13. The van der Waals surface area contributed by atoms with Gasteiger partial charge in [0.05, 0.1) is 16.6 Å². The van der Waals surface area contributed by atoms with Gasteiger partial charge >= 0.3 is 0 Å². The molecule has 0 unspecified atom stereocenters. The topological polar surface area (TPSA) is 35.6 Å². The Bertz CT molecular complexity index is 2100. The quantitative estimate of drug-likeness (QED) is 0.264. The zero-order valence-electron chi connectivity index (χ0n) is 19.3. The minimum atomic E-state index is 0.909. The Hall–Kier alpha value is -4.96. The van der Waals surface area contributed by atoms with E-state index >= 15 is 0 Å². The van der Waals surface area contributed by atoms with Crippen molar-refractivity contribution in [3.63, 3.8) is 0 Å². The summed E-state index contributed by atoms with van der Waals surface area (Å²) in [5.41, 5.74) is 8.22. The standard InChI is InChI=1S/C32H20N4/c1-2-11-23(12-3-1)36-27-14-7-6-13-25(27)26-20-29-31(34-32(26)36)30-28(15-8-18-33-30)35(29)24-17-16-21-9-4-5-10-22(21)19-24/h1-20H. The van der Waals surface area contributed by atoms with Crippen molar-refractivity contribution in [3.8, 4) is 11.4 Å². The second-order valence-corrected chi connectivity index (χ2v) is 9.15. The lowest BCUT2D eigenvalue weighted by molar-refractivity contribution is 1.14. The fourth-order valence-corrected chi connectivity index (χ4v) is 5.54. The maximum atomic E-state index is 5.31. The van der Waals surface area contributed by atoms with Crippen LogP contribution < -0.4 is 0 Å². The van der Waals surface area contributed by atoms with Crippen molar-refractivity contribution in [2.45, 2.75) is 0 Å². The van der Waals surface area contributed by atoms with Crippen molar-refractivity contribution >= 4 is 54.8 Å². The van der Waals surface area contributed by atoms with E-state index in [0.717, 1.165) is 50.0 Å². The third kappa shape index (κ3) is 2.64. The number of nitrogens with zero attached hydrogens (tertiary/aromatic N) is 4. The molecule has 4 nitrogen and oxygen atoms in total. The van der Waals surface area contributed by atoms with Gasteiger partial charge in [0.15, 0.2) is 0 Å². The fourth-order valence-electron chi connectivity index (χ4n) is 5.54. The normalized spacial score (nSPS) is 11.9. The first-order valence-electron chi connectivity index (χ1n) is 12.1. The average molecular weight is 461 g/mol. The summed E-state index contributed by atoms with van der Waals surface area (Å²) in [6.07, 6.45) is 1.85. The SMILES string of the molecule is c1ccc(-n2c3ccccc3c3cc4c(nc32)c2ncccc2n4-c2ccc3ccccc3c2)cc1. The van der Waals surface area contributed by atoms with Gasteiger partial charge in [-0.15, -0.1) is 0 Å². The molecule has 0 aliphatic rings. The van der Waals surface area contributed by atoms with E-state index in [1.165, 1.54) is 16.2 Å². The molecule has 4 aromatic carbocycles. The molecule has 0 saturated heterocycles. The van der Waals surface area contributed by atoms with Crippen molar-refractivity contribution in [1.82, 2.24) is 19.1 Å². The van der Waals surface area contributed by atoms with Crippen LogP contribution in [0.1, 0.15) is 0 Å². The van der Waals surface area contributed by atoms with Crippen LogP contribution in [-0.2, 0) is 0 Å². The highest BCUT2D eigenvalue weighted by molar-refractivity contribution is 6.15. The molecule has 4 aromatic heterocycles. The molecule has 0 bridgehead atoms. The second kappa shape index (κ2) is 7.27. The molecule has 8 aromatic rings. The van der Waals surface area contributed by atoms with Crippen LogP contribution in [0.15, 0.2) is 121 Å². The molecule has 8 rings (SSSR count). The van der Waals surface area contributed by atoms with Crippen LogP contribution in [0, 0.1) is 0 Å². The Labute approximate surface area is 206 Å². The van der Waals surface area contributed by atoms with E-state index in [1.54, 1.807) is 0 Å². The summed E-state index contributed by atoms with van der Waals surface area (Å²) < 4.78 is 4.55. The van der Waals surface area contributed by atoms with Crippen LogP contribution in [0.5, 0.6) is 0 Å². The molecule has 0 radical (unpaired) electrons. The molecule has 168 valence electrons. The van der Waals surface area contributed by atoms with Gasteiger partial charge in [-0.2, -0.15) is 0 Å². The monoisotopic (exact) mass is 460 g/mol. The Morgan fingerprint density at radius 1 is 0.472 bits per heavy atom. The Morgan fingerprint density at radius 3 is 2.17 bits per heavy atom. The predicted octanol–water partition coefficient (Wildman–Crippen LogP) is 7.82. The van der Waals surface area contributed by atoms with Crippen LogP contribution >= 0.6 is 0 Å². The summed E-state index contributed by atoms with van der Waals surface area (Å²) in [6.45, 7) is 0. The second-order valence-electron chi connectivity index (χ2n) is 9.15. The van der Waals surface area contributed by atoms with Crippen molar-refractivity contribution in [2.24, 2.45) is 0 Å². The Kier molecular flexibility index (Phi) is 3.91. The number of pyridine rings is 2. The maximum absolute atomic E-state index is 5.31. The molecule has 4 heteroatoms. The van der Waals surface area contributed by atoms with Crippen molar-refractivity contribution < 1.29 is 0 Å². The van der Waals surface area contributed by atoms with Gasteiger partial charge in [-0.3, -0.25) is 9.55 Å². The summed E-state index contributed by atoms with van der Waals surface area (Å²) in [5.74, 6) is 0. The van der Waals surface area contributed by atoms with Crippen LogP contribution in [-0.4, -0.2) is 19.1 Å². The fraction of sp³-hybridized carbons (Fsp3) is 0. The van der Waals surface area contributed by atoms with E-state index in [9.17, 15) is 0 Å². The number of rotatable bonds is 2. The van der Waals surface area contributed by atoms with Gasteiger partial charge in [0.2, 0.25) is 0 Å². The molecule has 0 atom stereocenters. The van der Waals surface area contributed by atoms with E-state index in [1.807, 2.05) is 18.3 Å². The molecule has 0 aliphatic carbocycles. The molecule has 0 saturated carbocycles. The number of aromatic nitrogens is 4. The van der Waals surface area contributed by atoms with E-state index < -0.39 is 0 Å². The number of para-hydroxylation sites is 2. The maximum Gasteiger partial charge on any atom is 0.146 e. The highest BCUT2D eigenvalue weighted by Crippen LogP contribution is 2.37. The average Bonchev–Trinajstić information content (AvgIpc) is 3.44. The lowest BCUT2D eigenvalue weighted by atomic mass is 10.1. The van der Waals surface area contributed by atoms with E-state index in [2.05, 4.69) is 112 Å². The first kappa shape index (κ1) is 19.4. The summed E-state index contributed by atoms with van der Waals surface area (Å²) in [5, 5.41) is 4.76. The summed E-state index contributed by atoms with van der Waals surface area (Å²) in [6, 6.07) is 40.5. The van der Waals surface area contributed by atoms with E-state index in [4.69, 9.17) is 9.97 Å². The van der Waals surface area contributed by atoms with Crippen molar-refractivity contribution in [2.75, 3.05) is 0 Å². The zero-order valence-corrected chi connectivity index (χ0v) is 19.3. The lowest BCUT2D eigenvalue weighted by Crippen LogP contribution is -1.96. The first-order valence-corrected chi connectivity index (χ1v) is 12.1. The molecule has 36 heavy (non-hydrogen) atoms. The van der Waals surface area contributed by atoms with Gasteiger partial charge in [-0.05, 0) is 59.3 Å². The zero-order chi connectivity index (χ0) is 23.6. The molecule has 0 fully saturated rings. The van der Waals surface area contributed by atoms with Crippen LogP contribution in [0.25, 0.3) is 66.2 Å². The Morgan fingerprint density at radius 2 is 1.25 bits per heavy atom. The highest BCUT2D eigenvalue weighted by Gasteiger charge is 2.20. The lowest BCUT2D eigenvalue weighted by Gasteiger charge is -2.09. The molecule has 4 heterocycles. The van der Waals surface area contributed by atoms with Gasteiger partial charge in [-0.1, -0.05) is 66.7 Å².